The Labute approximate surface area is 123 Å². The number of piperidine rings is 1. The van der Waals surface area contributed by atoms with Crippen LogP contribution in [0.15, 0.2) is 22.7 Å². The maximum absolute atomic E-state index is 13.0. The predicted octanol–water partition coefficient (Wildman–Crippen LogP) is 3.41. The van der Waals surface area contributed by atoms with E-state index < -0.39 is 0 Å². The SMILES string of the molecule is CC1CCN(CCNCc2ccc(F)cc2Br)CC1. The fourth-order valence-electron chi connectivity index (χ4n) is 2.41. The fraction of sp³-hybridized carbons (Fsp3) is 0.600. The van der Waals surface area contributed by atoms with Crippen LogP contribution >= 0.6 is 15.9 Å². The molecule has 2 nitrogen and oxygen atoms in total. The van der Waals surface area contributed by atoms with Gasteiger partial charge in [0.2, 0.25) is 0 Å². The lowest BCUT2D eigenvalue weighted by Gasteiger charge is -2.30. The van der Waals surface area contributed by atoms with Crippen LogP contribution in [0, 0.1) is 11.7 Å². The molecule has 4 heteroatoms. The van der Waals surface area contributed by atoms with Crippen molar-refractivity contribution in [3.8, 4) is 0 Å². The van der Waals surface area contributed by atoms with Gasteiger partial charge in [0.25, 0.3) is 0 Å². The Balaban J connectivity index is 1.66. The molecule has 0 amide bonds. The Morgan fingerprint density at radius 3 is 2.79 bits per heavy atom. The highest BCUT2D eigenvalue weighted by Gasteiger charge is 2.14. The zero-order valence-corrected chi connectivity index (χ0v) is 13.0. The Bertz CT molecular complexity index is 403. The van der Waals surface area contributed by atoms with Crippen LogP contribution in [0.2, 0.25) is 0 Å². The van der Waals surface area contributed by atoms with Gasteiger partial charge >= 0.3 is 0 Å². The van der Waals surface area contributed by atoms with Crippen molar-refractivity contribution >= 4 is 15.9 Å². The Hall–Kier alpha value is -0.450. The molecule has 2 rings (SSSR count). The maximum atomic E-state index is 13.0. The molecule has 1 aliphatic heterocycles. The van der Waals surface area contributed by atoms with Gasteiger partial charge in [0.15, 0.2) is 0 Å². The lowest BCUT2D eigenvalue weighted by molar-refractivity contribution is 0.193. The second-order valence-electron chi connectivity index (χ2n) is 5.44. The van der Waals surface area contributed by atoms with Crippen molar-refractivity contribution in [3.63, 3.8) is 0 Å². The van der Waals surface area contributed by atoms with E-state index in [1.54, 1.807) is 0 Å². The third-order valence-electron chi connectivity index (χ3n) is 3.81. The first-order valence-corrected chi connectivity index (χ1v) is 7.81. The normalized spacial score (nSPS) is 17.8. The Morgan fingerprint density at radius 1 is 1.37 bits per heavy atom. The van der Waals surface area contributed by atoms with E-state index in [1.165, 1.54) is 38.1 Å². The van der Waals surface area contributed by atoms with Gasteiger partial charge < -0.3 is 10.2 Å². The highest BCUT2D eigenvalue weighted by molar-refractivity contribution is 9.10. The van der Waals surface area contributed by atoms with Crippen molar-refractivity contribution < 1.29 is 4.39 Å². The van der Waals surface area contributed by atoms with E-state index in [0.29, 0.717) is 0 Å². The zero-order chi connectivity index (χ0) is 13.7. The van der Waals surface area contributed by atoms with Crippen LogP contribution in [0.3, 0.4) is 0 Å². The van der Waals surface area contributed by atoms with E-state index in [1.807, 2.05) is 6.07 Å². The summed E-state index contributed by atoms with van der Waals surface area (Å²) in [7, 11) is 0. The number of benzene rings is 1. The molecule has 1 saturated heterocycles. The molecular weight excluding hydrogens is 307 g/mol. The molecule has 1 heterocycles. The van der Waals surface area contributed by atoms with E-state index in [9.17, 15) is 4.39 Å². The number of hydrogen-bond acceptors (Lipinski definition) is 2. The summed E-state index contributed by atoms with van der Waals surface area (Å²) in [5, 5.41) is 3.43. The number of halogens is 2. The molecule has 0 atom stereocenters. The molecule has 0 radical (unpaired) electrons. The van der Waals surface area contributed by atoms with Gasteiger partial charge in [-0.05, 0) is 49.5 Å². The molecule has 0 aromatic heterocycles. The number of likely N-dealkylation sites (tertiary alicyclic amines) is 1. The van der Waals surface area contributed by atoms with Gasteiger partial charge in [-0.25, -0.2) is 4.39 Å². The molecule has 0 bridgehead atoms. The highest BCUT2D eigenvalue weighted by Crippen LogP contribution is 2.18. The first kappa shape index (κ1) is 14.9. The number of nitrogens with one attached hydrogen (secondary N) is 1. The van der Waals surface area contributed by atoms with Crippen molar-refractivity contribution in [1.82, 2.24) is 10.2 Å². The second kappa shape index (κ2) is 7.36. The largest absolute Gasteiger partial charge is 0.311 e. The fourth-order valence-corrected chi connectivity index (χ4v) is 2.90. The summed E-state index contributed by atoms with van der Waals surface area (Å²) < 4.78 is 13.8. The van der Waals surface area contributed by atoms with Crippen LogP contribution in [0.4, 0.5) is 4.39 Å². The molecule has 0 spiro atoms. The van der Waals surface area contributed by atoms with E-state index >= 15 is 0 Å². The number of rotatable bonds is 5. The van der Waals surface area contributed by atoms with Crippen LogP contribution in [-0.4, -0.2) is 31.1 Å². The van der Waals surface area contributed by atoms with Crippen LogP contribution in [0.5, 0.6) is 0 Å². The van der Waals surface area contributed by atoms with E-state index in [4.69, 9.17) is 0 Å². The third-order valence-corrected chi connectivity index (χ3v) is 4.55. The van der Waals surface area contributed by atoms with Crippen molar-refractivity contribution in [3.05, 3.63) is 34.1 Å². The molecule has 1 N–H and O–H groups in total. The summed E-state index contributed by atoms with van der Waals surface area (Å²) in [6.07, 6.45) is 2.65. The summed E-state index contributed by atoms with van der Waals surface area (Å²) in [5.41, 5.74) is 1.11. The lowest BCUT2D eigenvalue weighted by atomic mass is 9.99. The lowest BCUT2D eigenvalue weighted by Crippen LogP contribution is -2.37. The van der Waals surface area contributed by atoms with Crippen LogP contribution < -0.4 is 5.32 Å². The highest BCUT2D eigenvalue weighted by atomic mass is 79.9. The monoisotopic (exact) mass is 328 g/mol. The predicted molar refractivity (Wildman–Crippen MR) is 80.6 cm³/mol. The summed E-state index contributed by atoms with van der Waals surface area (Å²) in [5.74, 6) is 0.692. The third kappa shape index (κ3) is 4.86. The van der Waals surface area contributed by atoms with Gasteiger partial charge in [0.1, 0.15) is 5.82 Å². The number of hydrogen-bond donors (Lipinski definition) is 1. The van der Waals surface area contributed by atoms with E-state index in [0.717, 1.165) is 35.6 Å². The van der Waals surface area contributed by atoms with Gasteiger partial charge in [-0.2, -0.15) is 0 Å². The minimum atomic E-state index is -0.196. The first-order valence-electron chi connectivity index (χ1n) is 7.02. The van der Waals surface area contributed by atoms with Gasteiger partial charge in [0, 0.05) is 24.1 Å². The van der Waals surface area contributed by atoms with Crippen LogP contribution in [-0.2, 0) is 6.54 Å². The molecule has 0 aliphatic carbocycles. The minimum Gasteiger partial charge on any atom is -0.311 e. The van der Waals surface area contributed by atoms with Crippen molar-refractivity contribution in [2.75, 3.05) is 26.2 Å². The smallest absolute Gasteiger partial charge is 0.124 e. The minimum absolute atomic E-state index is 0.196. The quantitative estimate of drug-likeness (QED) is 0.833. The molecule has 1 aromatic carbocycles. The Kier molecular flexibility index (Phi) is 5.79. The summed E-state index contributed by atoms with van der Waals surface area (Å²) >= 11 is 3.39. The average Bonchev–Trinajstić information content (AvgIpc) is 2.39. The summed E-state index contributed by atoms with van der Waals surface area (Å²) in [6, 6.07) is 4.85. The Morgan fingerprint density at radius 2 is 2.11 bits per heavy atom. The van der Waals surface area contributed by atoms with Gasteiger partial charge in [-0.3, -0.25) is 0 Å². The van der Waals surface area contributed by atoms with Crippen molar-refractivity contribution in [1.29, 1.82) is 0 Å². The average molecular weight is 329 g/mol. The molecule has 0 saturated carbocycles. The van der Waals surface area contributed by atoms with Gasteiger partial charge in [-0.1, -0.05) is 28.9 Å². The van der Waals surface area contributed by atoms with Gasteiger partial charge in [-0.15, -0.1) is 0 Å². The summed E-state index contributed by atoms with van der Waals surface area (Å²) in [6.45, 7) is 7.66. The molecule has 19 heavy (non-hydrogen) atoms. The molecule has 106 valence electrons. The molecular formula is C15H22BrFN2. The van der Waals surface area contributed by atoms with E-state index in [-0.39, 0.29) is 5.82 Å². The topological polar surface area (TPSA) is 15.3 Å². The standard InChI is InChI=1S/C15H22BrFN2/c1-12-4-7-19(8-5-12)9-6-18-11-13-2-3-14(17)10-15(13)16/h2-3,10,12,18H,4-9,11H2,1H3. The molecule has 1 aliphatic rings. The second-order valence-corrected chi connectivity index (χ2v) is 6.29. The van der Waals surface area contributed by atoms with Crippen molar-refractivity contribution in [2.45, 2.75) is 26.3 Å². The first-order chi connectivity index (χ1) is 9.15. The molecule has 1 fully saturated rings. The van der Waals surface area contributed by atoms with Crippen LogP contribution in [0.1, 0.15) is 25.3 Å². The summed E-state index contributed by atoms with van der Waals surface area (Å²) in [4.78, 5) is 2.52. The van der Waals surface area contributed by atoms with Gasteiger partial charge in [0.05, 0.1) is 0 Å². The number of nitrogens with zero attached hydrogens (tertiary/aromatic N) is 1. The van der Waals surface area contributed by atoms with Crippen LogP contribution in [0.25, 0.3) is 0 Å². The van der Waals surface area contributed by atoms with E-state index in [2.05, 4.69) is 33.1 Å². The molecule has 0 unspecified atom stereocenters. The zero-order valence-electron chi connectivity index (χ0n) is 11.5. The van der Waals surface area contributed by atoms with Crippen molar-refractivity contribution in [2.24, 2.45) is 5.92 Å². The molecule has 1 aromatic rings. The maximum Gasteiger partial charge on any atom is 0.124 e.